The molecule has 0 aliphatic carbocycles. The van der Waals surface area contributed by atoms with E-state index in [-0.39, 0.29) is 11.7 Å². The van der Waals surface area contributed by atoms with Gasteiger partial charge in [-0.2, -0.15) is 0 Å². The van der Waals surface area contributed by atoms with Crippen LogP contribution < -0.4 is 4.74 Å². The average molecular weight is 291 g/mol. The van der Waals surface area contributed by atoms with E-state index >= 15 is 0 Å². The van der Waals surface area contributed by atoms with E-state index in [0.29, 0.717) is 21.8 Å². The van der Waals surface area contributed by atoms with Crippen molar-refractivity contribution in [2.75, 3.05) is 12.4 Å². The maximum absolute atomic E-state index is 11.4. The molecule has 0 heterocycles. The van der Waals surface area contributed by atoms with Gasteiger partial charge in [0.2, 0.25) is 4.38 Å². The molecule has 1 aromatic rings. The van der Waals surface area contributed by atoms with Gasteiger partial charge in [0, 0.05) is 5.02 Å². The summed E-state index contributed by atoms with van der Waals surface area (Å²) in [6, 6.07) is 6.57. The first-order valence-electron chi connectivity index (χ1n) is 4.87. The van der Waals surface area contributed by atoms with E-state index in [1.165, 1.54) is 0 Å². The zero-order valence-electron chi connectivity index (χ0n) is 9.14. The van der Waals surface area contributed by atoms with Gasteiger partial charge in [-0.1, -0.05) is 23.4 Å². The molecule has 17 heavy (non-hydrogen) atoms. The number of thioether (sulfide) groups is 1. The van der Waals surface area contributed by atoms with Crippen LogP contribution in [0, 0.1) is 0 Å². The highest BCUT2D eigenvalue weighted by atomic mass is 35.5. The van der Waals surface area contributed by atoms with Crippen molar-refractivity contribution in [2.24, 2.45) is 0 Å². The molecule has 0 fully saturated rings. The van der Waals surface area contributed by atoms with Crippen molar-refractivity contribution in [1.29, 1.82) is 0 Å². The number of hydrogen-bond acceptors (Lipinski definition) is 5. The Kier molecular flexibility index (Phi) is 6.32. The lowest BCUT2D eigenvalue weighted by molar-refractivity contribution is -0.131. The molecule has 0 atom stereocenters. The van der Waals surface area contributed by atoms with Gasteiger partial charge in [-0.05, 0) is 43.4 Å². The predicted molar refractivity (Wildman–Crippen MR) is 73.8 cm³/mol. The van der Waals surface area contributed by atoms with E-state index < -0.39 is 0 Å². The molecule has 0 saturated carbocycles. The van der Waals surface area contributed by atoms with Gasteiger partial charge in [0.1, 0.15) is 11.5 Å². The highest BCUT2D eigenvalue weighted by Gasteiger charge is 2.07. The molecular formula is C11H11ClO3S2. The summed E-state index contributed by atoms with van der Waals surface area (Å²) in [6.45, 7) is 2.33. The molecule has 0 aliphatic heterocycles. The Balaban J connectivity index is 2.34. The predicted octanol–water partition coefficient (Wildman–Crippen LogP) is 3.30. The monoisotopic (exact) mass is 290 g/mol. The highest BCUT2D eigenvalue weighted by Crippen LogP contribution is 2.16. The number of thiocarbonyl (C=S) groups is 1. The van der Waals surface area contributed by atoms with Crippen LogP contribution >= 0.6 is 35.6 Å². The van der Waals surface area contributed by atoms with E-state index in [1.54, 1.807) is 24.3 Å². The fourth-order valence-electron chi connectivity index (χ4n) is 0.941. The summed E-state index contributed by atoms with van der Waals surface area (Å²) >= 11 is 11.7. The number of rotatable bonds is 4. The van der Waals surface area contributed by atoms with Gasteiger partial charge < -0.3 is 9.47 Å². The summed E-state index contributed by atoms with van der Waals surface area (Å²) in [5, 5.41) is 0.594. The molecule has 0 aromatic heterocycles. The van der Waals surface area contributed by atoms with Gasteiger partial charge >= 0.3 is 5.97 Å². The van der Waals surface area contributed by atoms with Crippen molar-refractivity contribution >= 4 is 45.9 Å². The van der Waals surface area contributed by atoms with Crippen LogP contribution in [0.4, 0.5) is 0 Å². The first-order valence-corrected chi connectivity index (χ1v) is 6.64. The van der Waals surface area contributed by atoms with Crippen LogP contribution in [-0.2, 0) is 9.53 Å². The molecule has 0 aliphatic rings. The summed E-state index contributed by atoms with van der Waals surface area (Å²) < 4.78 is 10.4. The molecule has 3 nitrogen and oxygen atoms in total. The molecule has 0 amide bonds. The summed E-state index contributed by atoms with van der Waals surface area (Å²) in [6.07, 6.45) is 0. The van der Waals surface area contributed by atoms with E-state index in [1.807, 2.05) is 6.92 Å². The molecule has 0 unspecified atom stereocenters. The van der Waals surface area contributed by atoms with Gasteiger partial charge in [0.05, 0.1) is 6.61 Å². The van der Waals surface area contributed by atoms with Gasteiger partial charge in [0.25, 0.3) is 0 Å². The first-order chi connectivity index (χ1) is 8.11. The Morgan fingerprint density at radius 2 is 2.06 bits per heavy atom. The second-order valence-electron chi connectivity index (χ2n) is 2.90. The molecule has 0 N–H and O–H groups in total. The van der Waals surface area contributed by atoms with Crippen molar-refractivity contribution in [3.05, 3.63) is 29.3 Å². The molecule has 0 radical (unpaired) electrons. The number of ether oxygens (including phenoxy) is 2. The standard InChI is InChI=1S/C11H11ClO3S2/c1-2-14-11(16)17-7-10(13)15-9-5-3-8(12)4-6-9/h3-6H,2,7H2,1H3. The number of benzene rings is 1. The third-order valence-electron chi connectivity index (χ3n) is 1.62. The van der Waals surface area contributed by atoms with E-state index in [2.05, 4.69) is 0 Å². The van der Waals surface area contributed by atoms with Crippen LogP contribution in [0.15, 0.2) is 24.3 Å². The summed E-state index contributed by atoms with van der Waals surface area (Å²) in [4.78, 5) is 11.4. The molecular weight excluding hydrogens is 280 g/mol. The molecule has 0 bridgehead atoms. The number of hydrogen-bond donors (Lipinski definition) is 0. The van der Waals surface area contributed by atoms with Gasteiger partial charge in [-0.3, -0.25) is 4.79 Å². The van der Waals surface area contributed by atoms with Crippen molar-refractivity contribution < 1.29 is 14.3 Å². The fourth-order valence-corrected chi connectivity index (χ4v) is 1.86. The zero-order chi connectivity index (χ0) is 12.7. The smallest absolute Gasteiger partial charge is 0.321 e. The number of esters is 1. The normalized spacial score (nSPS) is 9.76. The van der Waals surface area contributed by atoms with Crippen LogP contribution in [0.25, 0.3) is 0 Å². The first kappa shape index (κ1) is 14.3. The minimum atomic E-state index is -0.376. The Hall–Kier alpha value is -0.780. The lowest BCUT2D eigenvalue weighted by Crippen LogP contribution is -2.12. The molecule has 0 spiro atoms. The van der Waals surface area contributed by atoms with E-state index in [9.17, 15) is 4.79 Å². The van der Waals surface area contributed by atoms with Crippen molar-refractivity contribution in [3.8, 4) is 5.75 Å². The van der Waals surface area contributed by atoms with Crippen LogP contribution in [0.1, 0.15) is 6.92 Å². The number of carbonyl (C=O) groups is 1. The quantitative estimate of drug-likeness (QED) is 0.483. The maximum atomic E-state index is 11.4. The lowest BCUT2D eigenvalue weighted by atomic mass is 10.3. The Labute approximate surface area is 114 Å². The van der Waals surface area contributed by atoms with Crippen LogP contribution in [-0.4, -0.2) is 22.7 Å². The maximum Gasteiger partial charge on any atom is 0.321 e. The van der Waals surface area contributed by atoms with E-state index in [4.69, 9.17) is 33.3 Å². The Morgan fingerprint density at radius 3 is 2.65 bits per heavy atom. The highest BCUT2D eigenvalue weighted by molar-refractivity contribution is 8.23. The van der Waals surface area contributed by atoms with Crippen molar-refractivity contribution in [2.45, 2.75) is 6.92 Å². The summed E-state index contributed by atoms with van der Waals surface area (Å²) in [5.74, 6) is 0.211. The number of carbonyl (C=O) groups excluding carboxylic acids is 1. The molecule has 92 valence electrons. The molecule has 0 saturated heterocycles. The van der Waals surface area contributed by atoms with Crippen LogP contribution in [0.3, 0.4) is 0 Å². The molecule has 1 aromatic carbocycles. The fraction of sp³-hybridized carbons (Fsp3) is 0.273. The second-order valence-corrected chi connectivity index (χ2v) is 4.91. The molecule has 6 heteroatoms. The SMILES string of the molecule is CCOC(=S)SCC(=O)Oc1ccc(Cl)cc1. The van der Waals surface area contributed by atoms with E-state index in [0.717, 1.165) is 11.8 Å². The summed E-state index contributed by atoms with van der Waals surface area (Å²) in [5.41, 5.74) is 0. The zero-order valence-corrected chi connectivity index (χ0v) is 11.5. The molecule has 1 rings (SSSR count). The van der Waals surface area contributed by atoms with Gasteiger partial charge in [0.15, 0.2) is 0 Å². The third kappa shape index (κ3) is 5.91. The minimum absolute atomic E-state index is 0.126. The van der Waals surface area contributed by atoms with Gasteiger partial charge in [-0.25, -0.2) is 0 Å². The number of halogens is 1. The topological polar surface area (TPSA) is 35.5 Å². The van der Waals surface area contributed by atoms with Crippen molar-refractivity contribution in [3.63, 3.8) is 0 Å². The van der Waals surface area contributed by atoms with Gasteiger partial charge in [-0.15, -0.1) is 0 Å². The lowest BCUT2D eigenvalue weighted by Gasteiger charge is -2.05. The van der Waals surface area contributed by atoms with Crippen molar-refractivity contribution in [1.82, 2.24) is 0 Å². The third-order valence-corrected chi connectivity index (χ3v) is 3.07. The summed E-state index contributed by atoms with van der Waals surface area (Å²) in [7, 11) is 0. The van der Waals surface area contributed by atoms with Crippen LogP contribution in [0.2, 0.25) is 5.02 Å². The Morgan fingerprint density at radius 1 is 1.41 bits per heavy atom. The van der Waals surface area contributed by atoms with Crippen LogP contribution in [0.5, 0.6) is 5.75 Å². The minimum Gasteiger partial charge on any atom is -0.479 e. The Bertz CT molecular complexity index is 392. The second kappa shape index (κ2) is 7.53. The largest absolute Gasteiger partial charge is 0.479 e. The average Bonchev–Trinajstić information content (AvgIpc) is 2.30.